The lowest BCUT2D eigenvalue weighted by atomic mass is 10.1. The fourth-order valence-electron chi connectivity index (χ4n) is 2.17. The van der Waals surface area contributed by atoms with Gasteiger partial charge in [-0.3, -0.25) is 9.59 Å². The van der Waals surface area contributed by atoms with E-state index in [2.05, 4.69) is 5.32 Å². The minimum atomic E-state index is -4.62. The number of anilines is 1. The summed E-state index contributed by atoms with van der Waals surface area (Å²) in [5.74, 6) is -2.15. The highest BCUT2D eigenvalue weighted by Crippen LogP contribution is 2.34. The second-order valence-corrected chi connectivity index (χ2v) is 5.35. The molecule has 0 heterocycles. The van der Waals surface area contributed by atoms with E-state index in [0.29, 0.717) is 0 Å². The molecule has 7 heteroatoms. The van der Waals surface area contributed by atoms with Gasteiger partial charge in [0.05, 0.1) is 11.3 Å². The molecule has 0 bridgehead atoms. The number of amides is 2. The number of carbonyl (C=O) groups is 2. The first-order valence-electron chi connectivity index (χ1n) is 7.64. The molecule has 2 aromatic carbocycles. The quantitative estimate of drug-likeness (QED) is 0.829. The molecule has 0 atom stereocenters. The van der Waals surface area contributed by atoms with Crippen molar-refractivity contribution in [2.45, 2.75) is 26.1 Å². The first-order chi connectivity index (χ1) is 11.8. The van der Waals surface area contributed by atoms with Crippen molar-refractivity contribution < 1.29 is 22.8 Å². The Morgan fingerprint density at radius 1 is 0.920 bits per heavy atom. The third-order valence-electron chi connectivity index (χ3n) is 3.57. The van der Waals surface area contributed by atoms with E-state index in [1.165, 1.54) is 12.1 Å². The van der Waals surface area contributed by atoms with E-state index in [4.69, 9.17) is 0 Å². The minimum absolute atomic E-state index is 0.108. The molecule has 0 spiro atoms. The lowest BCUT2D eigenvalue weighted by Gasteiger charge is -2.13. The molecule has 0 aliphatic heterocycles. The normalized spacial score (nSPS) is 11.0. The molecule has 0 aliphatic carbocycles. The number of hydrogen-bond acceptors (Lipinski definition) is 2. The van der Waals surface area contributed by atoms with Crippen LogP contribution in [0, 0.1) is 0 Å². The Kier molecular flexibility index (Phi) is 5.80. The van der Waals surface area contributed by atoms with Crippen LogP contribution in [0.4, 0.5) is 18.9 Å². The summed E-state index contributed by atoms with van der Waals surface area (Å²) in [6.07, 6.45) is -3.74. The Morgan fingerprint density at radius 2 is 1.52 bits per heavy atom. The van der Waals surface area contributed by atoms with Gasteiger partial charge in [-0.1, -0.05) is 43.3 Å². The molecule has 0 saturated carbocycles. The molecule has 2 aromatic rings. The number of hydrogen-bond donors (Lipinski definition) is 2. The molecule has 0 saturated heterocycles. The van der Waals surface area contributed by atoms with Crippen LogP contribution in [0.5, 0.6) is 0 Å². The monoisotopic (exact) mass is 350 g/mol. The average Bonchev–Trinajstić information content (AvgIpc) is 2.59. The second kappa shape index (κ2) is 7.83. The Hall–Kier alpha value is -2.83. The summed E-state index contributed by atoms with van der Waals surface area (Å²) >= 11 is 0. The molecule has 25 heavy (non-hydrogen) atoms. The van der Waals surface area contributed by atoms with Crippen molar-refractivity contribution in [3.8, 4) is 0 Å². The molecule has 0 unspecified atom stereocenters. The van der Waals surface area contributed by atoms with Crippen molar-refractivity contribution in [2.75, 3.05) is 5.32 Å². The number of nitrogens with one attached hydrogen (secondary N) is 2. The molecule has 0 fully saturated rings. The van der Waals surface area contributed by atoms with E-state index in [9.17, 15) is 22.8 Å². The van der Waals surface area contributed by atoms with E-state index in [0.717, 1.165) is 29.7 Å². The van der Waals surface area contributed by atoms with Gasteiger partial charge in [-0.15, -0.1) is 0 Å². The number of rotatable bonds is 4. The lowest BCUT2D eigenvalue weighted by Crippen LogP contribution is -2.35. The van der Waals surface area contributed by atoms with E-state index in [1.54, 1.807) is 0 Å². The van der Waals surface area contributed by atoms with Gasteiger partial charge in [0.15, 0.2) is 0 Å². The van der Waals surface area contributed by atoms with E-state index >= 15 is 0 Å². The Bertz CT molecular complexity index is 756. The van der Waals surface area contributed by atoms with Gasteiger partial charge in [0.1, 0.15) is 0 Å². The summed E-state index contributed by atoms with van der Waals surface area (Å²) in [4.78, 5) is 23.6. The molecule has 2 amide bonds. The first kappa shape index (κ1) is 18.5. The predicted octanol–water partition coefficient (Wildman–Crippen LogP) is 3.52. The zero-order valence-electron chi connectivity index (χ0n) is 13.5. The highest BCUT2D eigenvalue weighted by atomic mass is 19.4. The van der Waals surface area contributed by atoms with Crippen LogP contribution in [0.15, 0.2) is 48.5 Å². The highest BCUT2D eigenvalue weighted by molar-refractivity contribution is 6.39. The maximum atomic E-state index is 12.9. The standard InChI is InChI=1S/C18H17F3N2O2/c1-2-12-7-9-13(10-8-12)11-22-16(24)17(25)23-15-6-4-3-5-14(15)18(19,20)21/h3-10H,2,11H2,1H3,(H,22,24)(H,23,25). The van der Waals surface area contributed by atoms with Gasteiger partial charge in [-0.2, -0.15) is 13.2 Å². The summed E-state index contributed by atoms with van der Waals surface area (Å²) < 4.78 is 38.6. The van der Waals surface area contributed by atoms with Gasteiger partial charge in [-0.25, -0.2) is 0 Å². The van der Waals surface area contributed by atoms with Crippen LogP contribution in [-0.4, -0.2) is 11.8 Å². The summed E-state index contributed by atoms with van der Waals surface area (Å²) in [5.41, 5.74) is 0.458. The van der Waals surface area contributed by atoms with Crippen LogP contribution in [0.1, 0.15) is 23.6 Å². The van der Waals surface area contributed by atoms with E-state index < -0.39 is 29.2 Å². The van der Waals surface area contributed by atoms with Gasteiger partial charge in [0.2, 0.25) is 0 Å². The summed E-state index contributed by atoms with van der Waals surface area (Å²) in [7, 11) is 0. The smallest absolute Gasteiger partial charge is 0.344 e. The second-order valence-electron chi connectivity index (χ2n) is 5.35. The lowest BCUT2D eigenvalue weighted by molar-refractivity contribution is -0.138. The summed E-state index contributed by atoms with van der Waals surface area (Å²) in [6.45, 7) is 2.12. The van der Waals surface area contributed by atoms with Crippen LogP contribution in [0.2, 0.25) is 0 Å². The number of para-hydroxylation sites is 1. The molecule has 132 valence electrons. The van der Waals surface area contributed by atoms with Crippen LogP contribution in [0.25, 0.3) is 0 Å². The van der Waals surface area contributed by atoms with E-state index in [-0.39, 0.29) is 6.54 Å². The van der Waals surface area contributed by atoms with Gasteiger partial charge in [0, 0.05) is 6.54 Å². The molecular weight excluding hydrogens is 333 g/mol. The number of halogens is 3. The average molecular weight is 350 g/mol. The van der Waals surface area contributed by atoms with Crippen molar-refractivity contribution in [2.24, 2.45) is 0 Å². The number of alkyl halides is 3. The van der Waals surface area contributed by atoms with Crippen LogP contribution >= 0.6 is 0 Å². The van der Waals surface area contributed by atoms with Gasteiger partial charge < -0.3 is 10.6 Å². The highest BCUT2D eigenvalue weighted by Gasteiger charge is 2.33. The number of benzene rings is 2. The molecule has 0 aliphatic rings. The Labute approximate surface area is 143 Å². The number of carbonyl (C=O) groups excluding carboxylic acids is 2. The molecule has 0 aromatic heterocycles. The zero-order valence-corrected chi connectivity index (χ0v) is 13.5. The Morgan fingerprint density at radius 3 is 2.12 bits per heavy atom. The maximum Gasteiger partial charge on any atom is 0.418 e. The molecule has 2 rings (SSSR count). The van der Waals surface area contributed by atoms with E-state index in [1.807, 2.05) is 36.5 Å². The van der Waals surface area contributed by atoms with Crippen LogP contribution in [0.3, 0.4) is 0 Å². The number of aryl methyl sites for hydroxylation is 1. The van der Waals surface area contributed by atoms with Crippen molar-refractivity contribution >= 4 is 17.5 Å². The molecular formula is C18H17F3N2O2. The first-order valence-corrected chi connectivity index (χ1v) is 7.64. The fraction of sp³-hybridized carbons (Fsp3) is 0.222. The topological polar surface area (TPSA) is 58.2 Å². The van der Waals surface area contributed by atoms with Gasteiger partial charge >= 0.3 is 18.0 Å². The summed E-state index contributed by atoms with van der Waals surface area (Å²) in [5, 5.41) is 4.38. The molecule has 2 N–H and O–H groups in total. The zero-order chi connectivity index (χ0) is 18.4. The molecule has 0 radical (unpaired) electrons. The third kappa shape index (κ3) is 5.07. The Balaban J connectivity index is 1.98. The van der Waals surface area contributed by atoms with Crippen molar-refractivity contribution in [1.29, 1.82) is 0 Å². The summed E-state index contributed by atoms with van der Waals surface area (Å²) in [6, 6.07) is 11.9. The van der Waals surface area contributed by atoms with Crippen LogP contribution < -0.4 is 10.6 Å². The van der Waals surface area contributed by atoms with Gasteiger partial charge in [-0.05, 0) is 29.7 Å². The fourth-order valence-corrected chi connectivity index (χ4v) is 2.17. The third-order valence-corrected chi connectivity index (χ3v) is 3.57. The predicted molar refractivity (Wildman–Crippen MR) is 87.7 cm³/mol. The SMILES string of the molecule is CCc1ccc(CNC(=O)C(=O)Nc2ccccc2C(F)(F)F)cc1. The van der Waals surface area contributed by atoms with Crippen molar-refractivity contribution in [3.63, 3.8) is 0 Å². The van der Waals surface area contributed by atoms with Crippen LogP contribution in [-0.2, 0) is 28.7 Å². The van der Waals surface area contributed by atoms with Crippen molar-refractivity contribution in [3.05, 3.63) is 65.2 Å². The molecule has 4 nitrogen and oxygen atoms in total. The van der Waals surface area contributed by atoms with Crippen molar-refractivity contribution in [1.82, 2.24) is 5.32 Å². The van der Waals surface area contributed by atoms with Gasteiger partial charge in [0.25, 0.3) is 0 Å². The largest absolute Gasteiger partial charge is 0.418 e. The minimum Gasteiger partial charge on any atom is -0.344 e. The maximum absolute atomic E-state index is 12.9.